The fourth-order valence-corrected chi connectivity index (χ4v) is 7.00. The van der Waals surface area contributed by atoms with Crippen LogP contribution in [0.1, 0.15) is 42.5 Å². The van der Waals surface area contributed by atoms with Gasteiger partial charge in [-0.05, 0) is 37.1 Å². The molecule has 0 saturated carbocycles. The molecular weight excluding hydrogens is 711 g/mol. The Labute approximate surface area is 306 Å². The van der Waals surface area contributed by atoms with E-state index in [1.54, 1.807) is 18.2 Å². The first-order valence-corrected chi connectivity index (χ1v) is 19.3. The van der Waals surface area contributed by atoms with Crippen LogP contribution < -0.4 is 29.5 Å². The molecule has 2 N–H and O–H groups in total. The van der Waals surface area contributed by atoms with Gasteiger partial charge in [-0.25, -0.2) is 43.1 Å². The number of carbonyl (C=O) groups excluding carboxylic acids is 1. The number of aromatic nitrogens is 4. The number of ether oxygens (including phenoxy) is 4. The van der Waals surface area contributed by atoms with Gasteiger partial charge in [0.05, 0.1) is 37.8 Å². The van der Waals surface area contributed by atoms with E-state index in [0.717, 1.165) is 31.3 Å². The summed E-state index contributed by atoms with van der Waals surface area (Å²) >= 11 is 0. The number of pyridine rings is 2. The highest BCUT2D eigenvalue weighted by Crippen LogP contribution is 2.37. The largest absolute Gasteiger partial charge is 0.488 e. The van der Waals surface area contributed by atoms with Crippen molar-refractivity contribution in [1.82, 2.24) is 25.4 Å². The van der Waals surface area contributed by atoms with Crippen molar-refractivity contribution in [3.63, 3.8) is 0 Å². The van der Waals surface area contributed by atoms with Gasteiger partial charge >= 0.3 is 0 Å². The minimum absolute atomic E-state index is 0.0686. The third kappa shape index (κ3) is 8.84. The average Bonchev–Trinajstić information content (AvgIpc) is 3.17. The summed E-state index contributed by atoms with van der Waals surface area (Å²) in [5, 5.41) is 0.372. The summed E-state index contributed by atoms with van der Waals surface area (Å²) in [7, 11) is -2.29. The summed E-state index contributed by atoms with van der Waals surface area (Å²) in [6, 6.07) is 7.71. The standard InChI is InChI=1S/C35H41FN8O8S/c1-48-34-27(42-53(2,46)47)17-23(21-38-34)31-26-18-24(36)19-28(32(26)40-35(39-31)44-12-15-49-16-13-44)51-25-8-10-43(11-9-25)29-7-6-22(20-37-29)33(45)41-52-30-5-3-4-14-50-30/h6-7,17-21,25,30,42H,3-5,8-16H2,1-2H3,(H,41,45). The maximum Gasteiger partial charge on any atom is 0.276 e. The number of benzene rings is 1. The monoisotopic (exact) mass is 752 g/mol. The molecule has 0 radical (unpaired) electrons. The lowest BCUT2D eigenvalue weighted by Gasteiger charge is -2.33. The second-order valence-corrected chi connectivity index (χ2v) is 14.7. The average molecular weight is 753 g/mol. The van der Waals surface area contributed by atoms with Crippen LogP contribution in [0.2, 0.25) is 0 Å². The molecule has 1 aromatic carbocycles. The number of hydrogen-bond donors (Lipinski definition) is 2. The van der Waals surface area contributed by atoms with Gasteiger partial charge < -0.3 is 28.7 Å². The Kier molecular flexibility index (Phi) is 11.0. The quantitative estimate of drug-likeness (QED) is 0.212. The van der Waals surface area contributed by atoms with Crippen LogP contribution in [0.5, 0.6) is 11.6 Å². The third-order valence-corrected chi connectivity index (χ3v) is 9.71. The van der Waals surface area contributed by atoms with E-state index in [1.165, 1.54) is 31.6 Å². The van der Waals surface area contributed by atoms with Crippen LogP contribution in [-0.4, -0.2) is 106 Å². The summed E-state index contributed by atoms with van der Waals surface area (Å²) < 4.78 is 64.9. The van der Waals surface area contributed by atoms with Crippen molar-refractivity contribution in [3.8, 4) is 22.9 Å². The minimum Gasteiger partial charge on any atom is -0.488 e. The Morgan fingerprint density at radius 3 is 2.47 bits per heavy atom. The fraction of sp³-hybridized carbons (Fsp3) is 0.457. The minimum atomic E-state index is -3.68. The zero-order valence-corrected chi connectivity index (χ0v) is 30.2. The highest BCUT2D eigenvalue weighted by molar-refractivity contribution is 7.92. The number of nitrogens with one attached hydrogen (secondary N) is 2. The van der Waals surface area contributed by atoms with Crippen LogP contribution in [0.15, 0.2) is 42.7 Å². The van der Waals surface area contributed by atoms with Gasteiger partial charge in [0.1, 0.15) is 34.7 Å². The van der Waals surface area contributed by atoms with E-state index in [0.29, 0.717) is 92.5 Å². The molecule has 0 aliphatic carbocycles. The highest BCUT2D eigenvalue weighted by Gasteiger charge is 2.26. The van der Waals surface area contributed by atoms with Crippen molar-refractivity contribution in [2.24, 2.45) is 0 Å². The van der Waals surface area contributed by atoms with Crippen LogP contribution in [0, 0.1) is 5.82 Å². The molecule has 1 unspecified atom stereocenters. The zero-order valence-electron chi connectivity index (χ0n) is 29.4. The smallest absolute Gasteiger partial charge is 0.276 e. The van der Waals surface area contributed by atoms with Crippen LogP contribution in [-0.2, 0) is 24.3 Å². The first kappa shape index (κ1) is 36.4. The maximum atomic E-state index is 15.4. The van der Waals surface area contributed by atoms with Gasteiger partial charge in [-0.1, -0.05) is 0 Å². The number of hydroxylamine groups is 1. The second-order valence-electron chi connectivity index (χ2n) is 13.0. The van der Waals surface area contributed by atoms with E-state index in [9.17, 15) is 13.2 Å². The molecule has 16 nitrogen and oxygen atoms in total. The number of rotatable bonds is 11. The number of anilines is 3. The predicted octanol–water partition coefficient (Wildman–Crippen LogP) is 3.68. The van der Waals surface area contributed by atoms with Crippen LogP contribution in [0.3, 0.4) is 0 Å². The van der Waals surface area contributed by atoms with E-state index in [1.807, 2.05) is 4.90 Å². The lowest BCUT2D eigenvalue weighted by atomic mass is 10.1. The Hall–Kier alpha value is -4.91. The summed E-state index contributed by atoms with van der Waals surface area (Å²) in [5.74, 6) is 0.507. The van der Waals surface area contributed by atoms with E-state index in [-0.39, 0.29) is 23.4 Å². The molecule has 53 heavy (non-hydrogen) atoms. The van der Waals surface area contributed by atoms with Gasteiger partial charge in [0.25, 0.3) is 5.91 Å². The number of nitrogens with zero attached hydrogens (tertiary/aromatic N) is 6. The molecule has 1 amide bonds. The van der Waals surface area contributed by atoms with Crippen LogP contribution in [0.25, 0.3) is 22.2 Å². The van der Waals surface area contributed by atoms with E-state index in [4.69, 9.17) is 33.8 Å². The Bertz CT molecular complexity index is 2040. The van der Waals surface area contributed by atoms with Crippen LogP contribution in [0.4, 0.5) is 21.8 Å². The normalized spacial score (nSPS) is 18.5. The molecule has 3 aliphatic rings. The van der Waals surface area contributed by atoms with Crippen molar-refractivity contribution < 1.29 is 41.4 Å². The lowest BCUT2D eigenvalue weighted by Crippen LogP contribution is -2.39. The summed E-state index contributed by atoms with van der Waals surface area (Å²) in [5.41, 5.74) is 4.10. The number of hydrogen-bond acceptors (Lipinski definition) is 14. The molecule has 1 atom stereocenters. The number of amides is 1. The molecule has 18 heteroatoms. The van der Waals surface area contributed by atoms with Crippen molar-refractivity contribution in [2.75, 3.05) is 73.9 Å². The van der Waals surface area contributed by atoms with E-state index >= 15 is 4.39 Å². The fourth-order valence-electron chi connectivity index (χ4n) is 6.46. The molecule has 0 spiro atoms. The molecule has 0 bridgehead atoms. The second kappa shape index (κ2) is 16.0. The predicted molar refractivity (Wildman–Crippen MR) is 193 cm³/mol. The Morgan fingerprint density at radius 2 is 1.77 bits per heavy atom. The summed E-state index contributed by atoms with van der Waals surface area (Å²) in [4.78, 5) is 40.6. The van der Waals surface area contributed by atoms with Gasteiger partial charge in [-0.3, -0.25) is 9.52 Å². The Morgan fingerprint density at radius 1 is 0.962 bits per heavy atom. The third-order valence-electron chi connectivity index (χ3n) is 9.12. The molecule has 4 aromatic rings. The number of halogens is 1. The SMILES string of the molecule is COc1ncc(-c2nc(N3CCOCC3)nc3c(OC4CCN(c5ccc(C(=O)NOC6CCCCO6)cn5)CC4)cc(F)cc23)cc1NS(C)(=O)=O. The van der Waals surface area contributed by atoms with Gasteiger partial charge in [0.2, 0.25) is 21.9 Å². The van der Waals surface area contributed by atoms with Gasteiger partial charge in [0.15, 0.2) is 6.29 Å². The Balaban J connectivity index is 1.10. The summed E-state index contributed by atoms with van der Waals surface area (Å²) in [6.45, 7) is 3.92. The number of methoxy groups -OCH3 is 1. The van der Waals surface area contributed by atoms with Gasteiger partial charge in [-0.2, -0.15) is 0 Å². The van der Waals surface area contributed by atoms with Crippen molar-refractivity contribution in [1.29, 1.82) is 0 Å². The number of fused-ring (bicyclic) bond motifs is 1. The van der Waals surface area contributed by atoms with Gasteiger partial charge in [0, 0.05) is 81.5 Å². The molecule has 282 valence electrons. The topological polar surface area (TPSA) is 179 Å². The molecular formula is C35H41FN8O8S. The van der Waals surface area contributed by atoms with Gasteiger partial charge in [-0.15, -0.1) is 0 Å². The lowest BCUT2D eigenvalue weighted by molar-refractivity contribution is -0.186. The maximum absolute atomic E-state index is 15.4. The molecule has 3 saturated heterocycles. The molecule has 3 fully saturated rings. The molecule has 3 aliphatic heterocycles. The molecule has 7 rings (SSSR count). The first-order chi connectivity index (χ1) is 25.6. The van der Waals surface area contributed by atoms with Crippen molar-refractivity contribution in [3.05, 3.63) is 54.1 Å². The molecule has 6 heterocycles. The number of piperidine rings is 1. The molecule has 3 aromatic heterocycles. The number of morpholine rings is 1. The highest BCUT2D eigenvalue weighted by atomic mass is 32.2. The first-order valence-electron chi connectivity index (χ1n) is 17.4. The van der Waals surface area contributed by atoms with E-state index < -0.39 is 28.0 Å². The number of sulfonamides is 1. The zero-order chi connectivity index (χ0) is 37.0. The summed E-state index contributed by atoms with van der Waals surface area (Å²) in [6.07, 6.45) is 7.27. The van der Waals surface area contributed by atoms with Crippen LogP contribution >= 0.6 is 0 Å². The van der Waals surface area contributed by atoms with Crippen molar-refractivity contribution >= 4 is 44.3 Å². The van der Waals surface area contributed by atoms with Crippen molar-refractivity contribution in [2.45, 2.75) is 44.5 Å². The number of carbonyl (C=O) groups is 1. The van der Waals surface area contributed by atoms with E-state index in [2.05, 4.69) is 25.1 Å².